The van der Waals surface area contributed by atoms with Gasteiger partial charge in [-0.3, -0.25) is 19.9 Å². The molecule has 1 aromatic carbocycles. The van der Waals surface area contributed by atoms with Crippen molar-refractivity contribution in [1.82, 2.24) is 15.0 Å². The minimum atomic E-state index is -0.733. The number of carbonyl (C=O) groups excluding carboxylic acids is 1. The molecule has 0 aliphatic carbocycles. The van der Waals surface area contributed by atoms with Gasteiger partial charge in [0.05, 0.1) is 5.69 Å². The van der Waals surface area contributed by atoms with Crippen molar-refractivity contribution in [2.45, 2.75) is 6.92 Å². The first-order valence-electron chi connectivity index (χ1n) is 6.71. The van der Waals surface area contributed by atoms with Crippen molar-refractivity contribution in [1.29, 1.82) is 0 Å². The molecule has 2 aromatic heterocycles. The van der Waals surface area contributed by atoms with E-state index >= 15 is 0 Å². The molecule has 116 valence electrons. The number of hydrogen-bond acceptors (Lipinski definition) is 5. The molecule has 3 N–H and O–H groups in total. The highest BCUT2D eigenvalue weighted by atomic mass is 32.1. The molecular formula is C15H12N4O3S. The third-order valence-corrected chi connectivity index (χ3v) is 3.96. The van der Waals surface area contributed by atoms with Crippen LogP contribution in [0.3, 0.4) is 0 Å². The van der Waals surface area contributed by atoms with Crippen molar-refractivity contribution < 1.29 is 4.79 Å². The summed E-state index contributed by atoms with van der Waals surface area (Å²) < 4.78 is 0. The maximum absolute atomic E-state index is 12.1. The van der Waals surface area contributed by atoms with Gasteiger partial charge >= 0.3 is 5.69 Å². The number of aromatic nitrogens is 3. The zero-order valence-electron chi connectivity index (χ0n) is 12.0. The quantitative estimate of drug-likeness (QED) is 0.680. The molecule has 0 atom stereocenters. The van der Waals surface area contributed by atoms with E-state index in [2.05, 4.69) is 15.3 Å². The molecule has 0 spiro atoms. The van der Waals surface area contributed by atoms with Gasteiger partial charge in [0.2, 0.25) is 0 Å². The van der Waals surface area contributed by atoms with Crippen molar-refractivity contribution in [3.05, 3.63) is 67.8 Å². The average molecular weight is 328 g/mol. The summed E-state index contributed by atoms with van der Waals surface area (Å²) in [6.45, 7) is 1.91. The molecule has 0 unspecified atom stereocenters. The Morgan fingerprint density at radius 1 is 1.17 bits per heavy atom. The fourth-order valence-corrected chi connectivity index (χ4v) is 2.90. The van der Waals surface area contributed by atoms with Gasteiger partial charge in [0, 0.05) is 16.5 Å². The number of thiazole rings is 1. The summed E-state index contributed by atoms with van der Waals surface area (Å²) >= 11 is 1.32. The number of hydrogen-bond donors (Lipinski definition) is 3. The van der Waals surface area contributed by atoms with Crippen molar-refractivity contribution >= 4 is 22.4 Å². The van der Waals surface area contributed by atoms with Crippen LogP contribution in [0.2, 0.25) is 0 Å². The second kappa shape index (κ2) is 6.01. The summed E-state index contributed by atoms with van der Waals surface area (Å²) in [4.78, 5) is 44.2. The molecule has 0 bridgehead atoms. The van der Waals surface area contributed by atoms with Crippen molar-refractivity contribution in [3.63, 3.8) is 0 Å². The minimum absolute atomic E-state index is 0.118. The average Bonchev–Trinajstić information content (AvgIpc) is 2.87. The maximum Gasteiger partial charge on any atom is 0.326 e. The molecule has 0 aliphatic heterocycles. The van der Waals surface area contributed by atoms with E-state index < -0.39 is 17.2 Å². The predicted octanol–water partition coefficient (Wildman–Crippen LogP) is 1.75. The van der Waals surface area contributed by atoms with Crippen LogP contribution in [0.5, 0.6) is 0 Å². The molecule has 0 saturated carbocycles. The number of aryl methyl sites for hydroxylation is 1. The molecule has 3 rings (SSSR count). The lowest BCUT2D eigenvalue weighted by molar-refractivity contribution is 0.102. The Labute approximate surface area is 134 Å². The van der Waals surface area contributed by atoms with Crippen LogP contribution in [0.15, 0.2) is 46.0 Å². The monoisotopic (exact) mass is 328 g/mol. The highest BCUT2D eigenvalue weighted by Crippen LogP contribution is 2.30. The second-order valence-electron chi connectivity index (χ2n) is 4.75. The first kappa shape index (κ1) is 14.9. The number of anilines is 1. The number of nitrogens with zero attached hydrogens (tertiary/aromatic N) is 1. The Morgan fingerprint density at radius 3 is 2.61 bits per heavy atom. The lowest BCUT2D eigenvalue weighted by Gasteiger charge is -2.00. The predicted molar refractivity (Wildman–Crippen MR) is 87.9 cm³/mol. The molecule has 2 heterocycles. The number of nitrogens with one attached hydrogen (secondary N) is 3. The number of H-pyrrole nitrogens is 2. The first-order chi connectivity index (χ1) is 11.0. The number of aromatic amines is 2. The molecule has 8 heteroatoms. The van der Waals surface area contributed by atoms with Gasteiger partial charge in [-0.15, -0.1) is 11.3 Å². The van der Waals surface area contributed by atoms with Gasteiger partial charge in [0.15, 0.2) is 5.13 Å². The Bertz CT molecular complexity index is 944. The van der Waals surface area contributed by atoms with Crippen LogP contribution >= 0.6 is 11.3 Å². The fraction of sp³-hybridized carbons (Fsp3) is 0.0667. The summed E-state index contributed by atoms with van der Waals surface area (Å²) in [5.41, 5.74) is 0.242. The van der Waals surface area contributed by atoms with E-state index in [1.807, 2.05) is 42.2 Å². The van der Waals surface area contributed by atoms with Gasteiger partial charge in [-0.05, 0) is 6.92 Å². The van der Waals surface area contributed by atoms with Crippen LogP contribution in [0.1, 0.15) is 15.4 Å². The molecule has 0 saturated heterocycles. The smallest absolute Gasteiger partial charge is 0.303 e. The summed E-state index contributed by atoms with van der Waals surface area (Å²) in [6, 6.07) is 10.6. The summed E-state index contributed by atoms with van der Waals surface area (Å²) in [5, 5.41) is 2.99. The number of carbonyl (C=O) groups is 1. The zero-order valence-corrected chi connectivity index (χ0v) is 12.9. The SMILES string of the molecule is Cc1sc(NC(=O)c2cc(=O)[nH]c(=O)[nH]2)nc1-c1ccccc1. The zero-order chi connectivity index (χ0) is 16.4. The molecular weight excluding hydrogens is 316 g/mol. The van der Waals surface area contributed by atoms with E-state index in [-0.39, 0.29) is 5.69 Å². The summed E-state index contributed by atoms with van der Waals surface area (Å²) in [6.07, 6.45) is 0. The number of amides is 1. The van der Waals surface area contributed by atoms with Gasteiger partial charge in [-0.2, -0.15) is 0 Å². The minimum Gasteiger partial charge on any atom is -0.303 e. The Morgan fingerprint density at radius 2 is 1.91 bits per heavy atom. The van der Waals surface area contributed by atoms with Gasteiger partial charge in [0.25, 0.3) is 11.5 Å². The Kier molecular flexibility index (Phi) is 3.90. The summed E-state index contributed by atoms with van der Waals surface area (Å²) in [7, 11) is 0. The highest BCUT2D eigenvalue weighted by molar-refractivity contribution is 7.16. The fourth-order valence-electron chi connectivity index (χ4n) is 2.07. The third-order valence-electron chi connectivity index (χ3n) is 3.07. The van der Waals surface area contributed by atoms with Crippen molar-refractivity contribution in [2.75, 3.05) is 5.32 Å². The van der Waals surface area contributed by atoms with Crippen LogP contribution in [-0.4, -0.2) is 20.9 Å². The standard InChI is InChI=1S/C15H12N4O3S/c1-8-12(9-5-3-2-4-6-9)18-15(23-8)19-13(21)10-7-11(20)17-14(22)16-10/h2-7H,1H3,(H,18,19,21)(H2,16,17,20,22). The first-order valence-corrected chi connectivity index (χ1v) is 7.52. The van der Waals surface area contributed by atoms with E-state index in [0.717, 1.165) is 22.2 Å². The molecule has 1 amide bonds. The Hall–Kier alpha value is -3.00. The van der Waals surface area contributed by atoms with Crippen molar-refractivity contribution in [3.8, 4) is 11.3 Å². The van der Waals surface area contributed by atoms with Gasteiger partial charge < -0.3 is 4.98 Å². The third kappa shape index (κ3) is 3.27. The van der Waals surface area contributed by atoms with Crippen molar-refractivity contribution in [2.24, 2.45) is 0 Å². The lowest BCUT2D eigenvalue weighted by Crippen LogP contribution is -2.27. The van der Waals surface area contributed by atoms with Crippen LogP contribution in [-0.2, 0) is 0 Å². The van der Waals surface area contributed by atoms with E-state index in [1.54, 1.807) is 0 Å². The van der Waals surface area contributed by atoms with E-state index in [4.69, 9.17) is 0 Å². The van der Waals surface area contributed by atoms with Gasteiger partial charge in [0.1, 0.15) is 5.69 Å². The Balaban J connectivity index is 1.88. The molecule has 7 nitrogen and oxygen atoms in total. The molecule has 0 radical (unpaired) electrons. The topological polar surface area (TPSA) is 108 Å². The molecule has 3 aromatic rings. The normalized spacial score (nSPS) is 10.5. The van der Waals surface area contributed by atoms with Gasteiger partial charge in [-0.1, -0.05) is 30.3 Å². The van der Waals surface area contributed by atoms with Gasteiger partial charge in [-0.25, -0.2) is 9.78 Å². The molecule has 0 fully saturated rings. The summed E-state index contributed by atoms with van der Waals surface area (Å²) in [5.74, 6) is -0.596. The molecule has 0 aliphatic rings. The number of benzene rings is 1. The lowest BCUT2D eigenvalue weighted by atomic mass is 10.1. The molecule has 23 heavy (non-hydrogen) atoms. The maximum atomic E-state index is 12.1. The van der Waals surface area contributed by atoms with Crippen LogP contribution in [0, 0.1) is 6.92 Å². The van der Waals surface area contributed by atoms with Crippen LogP contribution < -0.4 is 16.6 Å². The second-order valence-corrected chi connectivity index (χ2v) is 5.95. The highest BCUT2D eigenvalue weighted by Gasteiger charge is 2.14. The van der Waals surface area contributed by atoms with E-state index in [0.29, 0.717) is 5.13 Å². The van der Waals surface area contributed by atoms with E-state index in [9.17, 15) is 14.4 Å². The van der Waals surface area contributed by atoms with Crippen LogP contribution in [0.4, 0.5) is 5.13 Å². The van der Waals surface area contributed by atoms with E-state index in [1.165, 1.54) is 11.3 Å². The van der Waals surface area contributed by atoms with Crippen LogP contribution in [0.25, 0.3) is 11.3 Å². The number of rotatable bonds is 3. The largest absolute Gasteiger partial charge is 0.326 e.